The SMILES string of the molecule is C=C(C)[C@@H]1C[C@H](CC(C)C)O[C@@H]1c1ccccc1. The van der Waals surface area contributed by atoms with Crippen LogP contribution in [0.15, 0.2) is 42.5 Å². The minimum absolute atomic E-state index is 0.201. The Bertz CT molecular complexity index is 393. The van der Waals surface area contributed by atoms with E-state index in [2.05, 4.69) is 57.7 Å². The lowest BCUT2D eigenvalue weighted by atomic mass is 9.88. The van der Waals surface area contributed by atoms with Crippen molar-refractivity contribution >= 4 is 0 Å². The van der Waals surface area contributed by atoms with Gasteiger partial charge in [-0.2, -0.15) is 0 Å². The number of ether oxygens (including phenoxy) is 1. The van der Waals surface area contributed by atoms with E-state index >= 15 is 0 Å². The van der Waals surface area contributed by atoms with E-state index in [1.807, 2.05) is 0 Å². The van der Waals surface area contributed by atoms with Gasteiger partial charge in [-0.3, -0.25) is 0 Å². The maximum absolute atomic E-state index is 6.27. The lowest BCUT2D eigenvalue weighted by Gasteiger charge is -2.19. The van der Waals surface area contributed by atoms with Crippen molar-refractivity contribution in [1.29, 1.82) is 0 Å². The second-order valence-electron chi connectivity index (χ2n) is 5.91. The van der Waals surface area contributed by atoms with Crippen LogP contribution in [0.3, 0.4) is 0 Å². The van der Waals surface area contributed by atoms with Gasteiger partial charge in [-0.25, -0.2) is 0 Å². The molecule has 1 saturated heterocycles. The van der Waals surface area contributed by atoms with E-state index < -0.39 is 0 Å². The molecule has 0 aromatic heterocycles. The third-order valence-electron chi connectivity index (χ3n) is 3.72. The maximum Gasteiger partial charge on any atom is 0.0894 e. The molecule has 1 heteroatoms. The summed E-state index contributed by atoms with van der Waals surface area (Å²) < 4.78 is 6.27. The molecule has 0 aliphatic carbocycles. The molecule has 0 radical (unpaired) electrons. The average Bonchev–Trinajstić information content (AvgIpc) is 2.73. The van der Waals surface area contributed by atoms with Crippen LogP contribution in [-0.2, 0) is 4.74 Å². The van der Waals surface area contributed by atoms with Crippen LogP contribution in [0.1, 0.15) is 45.3 Å². The fourth-order valence-electron chi connectivity index (χ4n) is 2.86. The van der Waals surface area contributed by atoms with Crippen molar-refractivity contribution in [3.63, 3.8) is 0 Å². The summed E-state index contributed by atoms with van der Waals surface area (Å²) in [6.45, 7) is 10.8. The van der Waals surface area contributed by atoms with Crippen LogP contribution in [0.2, 0.25) is 0 Å². The second kappa shape index (κ2) is 5.71. The van der Waals surface area contributed by atoms with Crippen LogP contribution in [0.25, 0.3) is 0 Å². The standard InChI is InChI=1S/C17H24O/c1-12(2)10-15-11-16(13(3)4)17(18-15)14-8-6-5-7-9-14/h5-9,12,15-17H,3,10-11H2,1-2,4H3/t15-,16-,17+/m0/s1. The van der Waals surface area contributed by atoms with Crippen LogP contribution in [0.5, 0.6) is 0 Å². The molecule has 1 fully saturated rings. The number of rotatable bonds is 4. The quantitative estimate of drug-likeness (QED) is 0.694. The Kier molecular flexibility index (Phi) is 4.23. The van der Waals surface area contributed by atoms with E-state index in [1.165, 1.54) is 11.1 Å². The molecule has 3 atom stereocenters. The second-order valence-corrected chi connectivity index (χ2v) is 5.91. The molecule has 1 aliphatic rings. The maximum atomic E-state index is 6.27. The molecule has 18 heavy (non-hydrogen) atoms. The minimum Gasteiger partial charge on any atom is -0.370 e. The Labute approximate surface area is 111 Å². The highest BCUT2D eigenvalue weighted by Crippen LogP contribution is 2.43. The van der Waals surface area contributed by atoms with E-state index in [4.69, 9.17) is 4.74 Å². The van der Waals surface area contributed by atoms with Crippen molar-refractivity contribution in [2.45, 2.75) is 45.8 Å². The zero-order chi connectivity index (χ0) is 13.1. The third kappa shape index (κ3) is 3.02. The van der Waals surface area contributed by atoms with Gasteiger partial charge in [0.05, 0.1) is 12.2 Å². The number of hydrogen-bond donors (Lipinski definition) is 0. The van der Waals surface area contributed by atoms with Gasteiger partial charge in [-0.15, -0.1) is 0 Å². The summed E-state index contributed by atoms with van der Waals surface area (Å²) in [4.78, 5) is 0. The molecular weight excluding hydrogens is 220 g/mol. The smallest absolute Gasteiger partial charge is 0.0894 e. The van der Waals surface area contributed by atoms with Crippen molar-refractivity contribution in [2.75, 3.05) is 0 Å². The summed E-state index contributed by atoms with van der Waals surface area (Å²) in [5.74, 6) is 1.16. The molecule has 1 heterocycles. The Morgan fingerprint density at radius 1 is 1.33 bits per heavy atom. The highest BCUT2D eigenvalue weighted by atomic mass is 16.5. The van der Waals surface area contributed by atoms with Gasteiger partial charge < -0.3 is 4.74 Å². The minimum atomic E-state index is 0.201. The highest BCUT2D eigenvalue weighted by molar-refractivity contribution is 5.22. The Morgan fingerprint density at radius 2 is 2.00 bits per heavy atom. The summed E-state index contributed by atoms with van der Waals surface area (Å²) in [5, 5.41) is 0. The lowest BCUT2D eigenvalue weighted by Crippen LogP contribution is -2.09. The van der Waals surface area contributed by atoms with E-state index in [0.717, 1.165) is 12.8 Å². The fourth-order valence-corrected chi connectivity index (χ4v) is 2.86. The first kappa shape index (κ1) is 13.4. The normalized spacial score (nSPS) is 27.7. The first-order valence-corrected chi connectivity index (χ1v) is 6.93. The summed E-state index contributed by atoms with van der Waals surface area (Å²) >= 11 is 0. The zero-order valence-corrected chi connectivity index (χ0v) is 11.7. The monoisotopic (exact) mass is 244 g/mol. The van der Waals surface area contributed by atoms with Gasteiger partial charge in [0.1, 0.15) is 0 Å². The molecule has 1 aliphatic heterocycles. The van der Waals surface area contributed by atoms with Crippen LogP contribution in [0.4, 0.5) is 0 Å². The van der Waals surface area contributed by atoms with Crippen molar-refractivity contribution in [1.82, 2.24) is 0 Å². The molecule has 0 saturated carbocycles. The van der Waals surface area contributed by atoms with E-state index in [1.54, 1.807) is 0 Å². The van der Waals surface area contributed by atoms with Gasteiger partial charge in [-0.05, 0) is 31.2 Å². The molecular formula is C17H24O. The molecule has 1 aromatic carbocycles. The Balaban J connectivity index is 2.15. The topological polar surface area (TPSA) is 9.23 Å². The van der Waals surface area contributed by atoms with E-state index in [9.17, 15) is 0 Å². The van der Waals surface area contributed by atoms with Crippen LogP contribution >= 0.6 is 0 Å². The Hall–Kier alpha value is -1.08. The first-order valence-electron chi connectivity index (χ1n) is 6.93. The van der Waals surface area contributed by atoms with Gasteiger partial charge in [0.15, 0.2) is 0 Å². The molecule has 2 rings (SSSR count). The molecule has 0 amide bonds. The predicted molar refractivity (Wildman–Crippen MR) is 76.4 cm³/mol. The zero-order valence-electron chi connectivity index (χ0n) is 11.7. The lowest BCUT2D eigenvalue weighted by molar-refractivity contribution is 0.0267. The van der Waals surface area contributed by atoms with Crippen molar-refractivity contribution < 1.29 is 4.74 Å². The molecule has 1 aromatic rings. The van der Waals surface area contributed by atoms with Crippen molar-refractivity contribution in [3.05, 3.63) is 48.0 Å². The van der Waals surface area contributed by atoms with Crippen LogP contribution in [-0.4, -0.2) is 6.10 Å². The van der Waals surface area contributed by atoms with Gasteiger partial charge in [0.2, 0.25) is 0 Å². The largest absolute Gasteiger partial charge is 0.370 e. The predicted octanol–water partition coefficient (Wildman–Crippen LogP) is 4.76. The first-order chi connectivity index (χ1) is 8.58. The molecule has 0 unspecified atom stereocenters. The summed E-state index contributed by atoms with van der Waals surface area (Å²) in [6, 6.07) is 10.6. The van der Waals surface area contributed by atoms with Gasteiger partial charge in [0, 0.05) is 5.92 Å². The summed E-state index contributed by atoms with van der Waals surface area (Å²) in [5.41, 5.74) is 2.53. The van der Waals surface area contributed by atoms with Crippen molar-refractivity contribution in [3.8, 4) is 0 Å². The molecule has 1 nitrogen and oxygen atoms in total. The summed E-state index contributed by atoms with van der Waals surface area (Å²) in [6.07, 6.45) is 2.85. The number of benzene rings is 1. The Morgan fingerprint density at radius 3 is 2.56 bits per heavy atom. The van der Waals surface area contributed by atoms with Crippen molar-refractivity contribution in [2.24, 2.45) is 11.8 Å². The summed E-state index contributed by atoms with van der Waals surface area (Å²) in [7, 11) is 0. The molecule has 98 valence electrons. The van der Waals surface area contributed by atoms with Crippen LogP contribution in [0, 0.1) is 11.8 Å². The van der Waals surface area contributed by atoms with Gasteiger partial charge >= 0.3 is 0 Å². The molecule has 0 bridgehead atoms. The average molecular weight is 244 g/mol. The van der Waals surface area contributed by atoms with E-state index in [0.29, 0.717) is 17.9 Å². The third-order valence-corrected chi connectivity index (χ3v) is 3.72. The number of hydrogen-bond acceptors (Lipinski definition) is 1. The molecule has 0 N–H and O–H groups in total. The van der Waals surface area contributed by atoms with E-state index in [-0.39, 0.29) is 6.10 Å². The van der Waals surface area contributed by atoms with Crippen LogP contribution < -0.4 is 0 Å². The van der Waals surface area contributed by atoms with Gasteiger partial charge in [0.25, 0.3) is 0 Å². The molecule has 0 spiro atoms. The van der Waals surface area contributed by atoms with Gasteiger partial charge in [-0.1, -0.05) is 56.3 Å². The fraction of sp³-hybridized carbons (Fsp3) is 0.529. The highest BCUT2D eigenvalue weighted by Gasteiger charge is 2.36.